The van der Waals surface area contributed by atoms with Crippen LogP contribution in [-0.4, -0.2) is 30.3 Å². The molecule has 0 aromatic rings. The van der Waals surface area contributed by atoms with Gasteiger partial charge >= 0.3 is 5.97 Å². The lowest BCUT2D eigenvalue weighted by molar-refractivity contribution is -0.154. The van der Waals surface area contributed by atoms with Gasteiger partial charge in [0.25, 0.3) is 0 Å². The van der Waals surface area contributed by atoms with E-state index in [2.05, 4.69) is 11.3 Å². The summed E-state index contributed by atoms with van der Waals surface area (Å²) in [6, 6.07) is 0. The molecule has 5 heteroatoms. The average Bonchev–Trinajstić information content (AvgIpc) is 2.14. The number of carbonyl (C=O) groups excluding carboxylic acids is 2. The van der Waals surface area contributed by atoms with Gasteiger partial charge in [-0.25, -0.2) is 4.79 Å². The summed E-state index contributed by atoms with van der Waals surface area (Å²) in [5.74, 6) is -1.46. The zero-order valence-corrected chi connectivity index (χ0v) is 7.66. The Morgan fingerprint density at radius 1 is 1.62 bits per heavy atom. The maximum Gasteiger partial charge on any atom is 0.356 e. The SMILES string of the molecule is C=C(CC)C(=O)NC(O)C(=O)OC. The number of methoxy groups -OCH3 is 1. The van der Waals surface area contributed by atoms with Crippen molar-refractivity contribution in [3.05, 3.63) is 12.2 Å². The summed E-state index contributed by atoms with van der Waals surface area (Å²) in [7, 11) is 1.12. The standard InChI is InChI=1S/C8H13NO4/c1-4-5(2)6(10)9-7(11)8(12)13-3/h7,11H,2,4H2,1,3H3,(H,9,10). The Hall–Kier alpha value is -1.36. The monoisotopic (exact) mass is 187 g/mol. The van der Waals surface area contributed by atoms with Gasteiger partial charge in [0.05, 0.1) is 7.11 Å². The second-order valence-corrected chi connectivity index (χ2v) is 2.36. The summed E-state index contributed by atoms with van der Waals surface area (Å²) in [6.45, 7) is 5.18. The molecule has 0 saturated heterocycles. The summed E-state index contributed by atoms with van der Waals surface area (Å²) in [5.41, 5.74) is 0.294. The highest BCUT2D eigenvalue weighted by Crippen LogP contribution is 1.96. The first-order valence-corrected chi connectivity index (χ1v) is 3.77. The Morgan fingerprint density at radius 2 is 2.15 bits per heavy atom. The quantitative estimate of drug-likeness (QED) is 0.355. The fourth-order valence-corrected chi connectivity index (χ4v) is 0.557. The number of aliphatic hydroxyl groups is 1. The van der Waals surface area contributed by atoms with Crippen molar-refractivity contribution in [2.45, 2.75) is 19.6 Å². The van der Waals surface area contributed by atoms with Crippen molar-refractivity contribution >= 4 is 11.9 Å². The highest BCUT2D eigenvalue weighted by atomic mass is 16.5. The lowest BCUT2D eigenvalue weighted by Crippen LogP contribution is -2.41. The van der Waals surface area contributed by atoms with Crippen LogP contribution in [0.5, 0.6) is 0 Å². The van der Waals surface area contributed by atoms with Gasteiger partial charge in [-0.3, -0.25) is 4.79 Å². The van der Waals surface area contributed by atoms with Crippen molar-refractivity contribution in [1.82, 2.24) is 5.32 Å². The molecular formula is C8H13NO4. The van der Waals surface area contributed by atoms with Crippen molar-refractivity contribution in [3.63, 3.8) is 0 Å². The Labute approximate surface area is 76.4 Å². The fraction of sp³-hybridized carbons (Fsp3) is 0.500. The molecular weight excluding hydrogens is 174 g/mol. The van der Waals surface area contributed by atoms with Crippen LogP contribution in [0.2, 0.25) is 0 Å². The van der Waals surface area contributed by atoms with Crippen LogP contribution in [0.4, 0.5) is 0 Å². The molecule has 0 saturated carbocycles. The zero-order valence-electron chi connectivity index (χ0n) is 7.66. The van der Waals surface area contributed by atoms with Crippen LogP contribution in [-0.2, 0) is 14.3 Å². The molecule has 0 aliphatic carbocycles. The molecule has 5 nitrogen and oxygen atoms in total. The summed E-state index contributed by atoms with van der Waals surface area (Å²) in [4.78, 5) is 21.7. The first kappa shape index (κ1) is 11.6. The van der Waals surface area contributed by atoms with E-state index in [0.717, 1.165) is 7.11 Å². The molecule has 1 amide bonds. The molecule has 0 aromatic carbocycles. The normalized spacial score (nSPS) is 11.6. The molecule has 0 radical (unpaired) electrons. The zero-order chi connectivity index (χ0) is 10.4. The van der Waals surface area contributed by atoms with E-state index >= 15 is 0 Å². The molecule has 0 fully saturated rings. The highest BCUT2D eigenvalue weighted by molar-refractivity contribution is 5.95. The number of aliphatic hydroxyl groups excluding tert-OH is 1. The number of ether oxygens (including phenoxy) is 1. The van der Waals surface area contributed by atoms with Crippen molar-refractivity contribution in [3.8, 4) is 0 Å². The van der Waals surface area contributed by atoms with Crippen LogP contribution in [0.3, 0.4) is 0 Å². The topological polar surface area (TPSA) is 75.6 Å². The molecule has 0 bridgehead atoms. The largest absolute Gasteiger partial charge is 0.466 e. The van der Waals surface area contributed by atoms with Crippen LogP contribution < -0.4 is 5.32 Å². The van der Waals surface area contributed by atoms with E-state index in [1.807, 2.05) is 5.32 Å². The number of hydrogen-bond donors (Lipinski definition) is 2. The molecule has 13 heavy (non-hydrogen) atoms. The number of esters is 1. The maximum absolute atomic E-state index is 11.0. The van der Waals surface area contributed by atoms with E-state index in [-0.39, 0.29) is 0 Å². The van der Waals surface area contributed by atoms with Crippen molar-refractivity contribution in [2.24, 2.45) is 0 Å². The van der Waals surface area contributed by atoms with Gasteiger partial charge in [-0.1, -0.05) is 13.5 Å². The molecule has 0 rings (SSSR count). The number of amides is 1. The van der Waals surface area contributed by atoms with Crippen molar-refractivity contribution < 1.29 is 19.4 Å². The van der Waals surface area contributed by atoms with Gasteiger partial charge in [-0.15, -0.1) is 0 Å². The molecule has 0 heterocycles. The fourth-order valence-electron chi connectivity index (χ4n) is 0.557. The predicted molar refractivity (Wildman–Crippen MR) is 45.6 cm³/mol. The maximum atomic E-state index is 11.0. The number of hydrogen-bond acceptors (Lipinski definition) is 4. The highest BCUT2D eigenvalue weighted by Gasteiger charge is 2.18. The lowest BCUT2D eigenvalue weighted by atomic mass is 10.2. The van der Waals surface area contributed by atoms with Crippen LogP contribution in [0, 0.1) is 0 Å². The van der Waals surface area contributed by atoms with Crippen molar-refractivity contribution in [2.75, 3.05) is 7.11 Å². The van der Waals surface area contributed by atoms with Gasteiger partial charge in [0.2, 0.25) is 12.1 Å². The molecule has 0 aliphatic rings. The van der Waals surface area contributed by atoms with E-state index in [1.165, 1.54) is 0 Å². The van der Waals surface area contributed by atoms with Gasteiger partial charge in [0, 0.05) is 5.57 Å². The predicted octanol–water partition coefficient (Wildman–Crippen LogP) is -0.440. The summed E-state index contributed by atoms with van der Waals surface area (Å²) >= 11 is 0. The van der Waals surface area contributed by atoms with Crippen LogP contribution in [0.25, 0.3) is 0 Å². The number of nitrogens with one attached hydrogen (secondary N) is 1. The lowest BCUT2D eigenvalue weighted by Gasteiger charge is -2.10. The van der Waals surface area contributed by atoms with E-state index in [4.69, 9.17) is 5.11 Å². The number of carbonyl (C=O) groups is 2. The Bertz CT molecular complexity index is 224. The molecule has 2 N–H and O–H groups in total. The minimum absolute atomic E-state index is 0.294. The average molecular weight is 187 g/mol. The Kier molecular flexibility index (Phi) is 4.76. The third-order valence-corrected chi connectivity index (χ3v) is 1.44. The Morgan fingerprint density at radius 3 is 2.54 bits per heavy atom. The van der Waals surface area contributed by atoms with Gasteiger partial charge in [0.15, 0.2) is 0 Å². The van der Waals surface area contributed by atoms with E-state index in [9.17, 15) is 9.59 Å². The van der Waals surface area contributed by atoms with Crippen LogP contribution in [0.1, 0.15) is 13.3 Å². The van der Waals surface area contributed by atoms with E-state index in [0.29, 0.717) is 12.0 Å². The second kappa shape index (κ2) is 5.31. The molecule has 0 spiro atoms. The smallest absolute Gasteiger partial charge is 0.356 e. The molecule has 1 atom stereocenters. The van der Waals surface area contributed by atoms with Crippen LogP contribution in [0.15, 0.2) is 12.2 Å². The first-order valence-electron chi connectivity index (χ1n) is 3.77. The van der Waals surface area contributed by atoms with E-state index in [1.54, 1.807) is 6.92 Å². The van der Waals surface area contributed by atoms with Gasteiger partial charge < -0.3 is 15.2 Å². The second-order valence-electron chi connectivity index (χ2n) is 2.36. The minimum Gasteiger partial charge on any atom is -0.466 e. The minimum atomic E-state index is -1.62. The molecule has 1 unspecified atom stereocenters. The molecule has 0 aromatic heterocycles. The number of rotatable bonds is 4. The Balaban J connectivity index is 4.06. The van der Waals surface area contributed by atoms with Crippen LogP contribution >= 0.6 is 0 Å². The van der Waals surface area contributed by atoms with Crippen molar-refractivity contribution in [1.29, 1.82) is 0 Å². The first-order chi connectivity index (χ1) is 6.02. The van der Waals surface area contributed by atoms with E-state index < -0.39 is 18.1 Å². The van der Waals surface area contributed by atoms with Gasteiger partial charge in [0.1, 0.15) is 0 Å². The third kappa shape index (κ3) is 3.71. The summed E-state index contributed by atoms with van der Waals surface area (Å²) in [6.07, 6.45) is -1.17. The molecule has 0 aliphatic heterocycles. The third-order valence-electron chi connectivity index (χ3n) is 1.44. The molecule has 74 valence electrons. The van der Waals surface area contributed by atoms with Gasteiger partial charge in [-0.2, -0.15) is 0 Å². The van der Waals surface area contributed by atoms with Gasteiger partial charge in [-0.05, 0) is 6.42 Å². The summed E-state index contributed by atoms with van der Waals surface area (Å²) in [5, 5.41) is 11.0. The summed E-state index contributed by atoms with van der Waals surface area (Å²) < 4.78 is 4.19.